The monoisotopic (exact) mass is 358 g/mol. The second-order valence-electron chi connectivity index (χ2n) is 5.52. The van der Waals surface area contributed by atoms with Crippen LogP contribution in [0, 0.1) is 6.92 Å². The Balaban J connectivity index is 1.63. The van der Waals surface area contributed by atoms with Gasteiger partial charge in [0, 0.05) is 17.5 Å². The second kappa shape index (κ2) is 7.25. The lowest BCUT2D eigenvalue weighted by molar-refractivity contribution is 0.581. The largest absolute Gasteiger partial charge is 0.248 e. The van der Waals surface area contributed by atoms with Crippen LogP contribution in [0.5, 0.6) is 0 Å². The zero-order chi connectivity index (χ0) is 17.0. The van der Waals surface area contributed by atoms with Crippen LogP contribution in [-0.2, 0) is 23.0 Å². The molecular formula is C18H18N2O2S2. The highest BCUT2D eigenvalue weighted by Gasteiger charge is 2.14. The predicted molar refractivity (Wildman–Crippen MR) is 96.6 cm³/mol. The number of nitrogens with one attached hydrogen (secondary N) is 1. The summed E-state index contributed by atoms with van der Waals surface area (Å²) in [6.07, 6.45) is 2.63. The molecule has 3 aromatic rings. The molecule has 0 saturated heterocycles. The van der Waals surface area contributed by atoms with Crippen LogP contribution >= 0.6 is 11.3 Å². The summed E-state index contributed by atoms with van der Waals surface area (Å²) in [6, 6.07) is 16.7. The first-order chi connectivity index (χ1) is 11.5. The van der Waals surface area contributed by atoms with E-state index in [0.717, 1.165) is 16.3 Å². The van der Waals surface area contributed by atoms with Crippen molar-refractivity contribution in [3.8, 4) is 0 Å². The summed E-state index contributed by atoms with van der Waals surface area (Å²) in [4.78, 5) is 5.70. The maximum absolute atomic E-state index is 12.2. The quantitative estimate of drug-likeness (QED) is 0.733. The van der Waals surface area contributed by atoms with Gasteiger partial charge in [0.05, 0.1) is 11.4 Å². The third-order valence-corrected chi connectivity index (χ3v) is 5.98. The van der Waals surface area contributed by atoms with Crippen LogP contribution in [0.1, 0.15) is 21.0 Å². The number of aryl methyl sites for hydroxylation is 1. The Kier molecular flexibility index (Phi) is 5.08. The molecule has 0 amide bonds. The summed E-state index contributed by atoms with van der Waals surface area (Å²) in [5.74, 6) is 0. The number of rotatable bonds is 6. The third-order valence-electron chi connectivity index (χ3n) is 3.57. The summed E-state index contributed by atoms with van der Waals surface area (Å²) >= 11 is 1.53. The van der Waals surface area contributed by atoms with Gasteiger partial charge in [0.2, 0.25) is 10.0 Å². The topological polar surface area (TPSA) is 59.1 Å². The molecule has 0 radical (unpaired) electrons. The smallest absolute Gasteiger partial charge is 0.240 e. The third kappa shape index (κ3) is 4.29. The summed E-state index contributed by atoms with van der Waals surface area (Å²) < 4.78 is 27.0. The number of benzene rings is 2. The Morgan fingerprint density at radius 1 is 1.04 bits per heavy atom. The molecule has 2 aromatic carbocycles. The summed E-state index contributed by atoms with van der Waals surface area (Å²) in [5, 5.41) is 0.761. The van der Waals surface area contributed by atoms with Gasteiger partial charge in [0.1, 0.15) is 5.01 Å². The Morgan fingerprint density at radius 3 is 2.46 bits per heavy atom. The van der Waals surface area contributed by atoms with E-state index in [1.165, 1.54) is 22.5 Å². The van der Waals surface area contributed by atoms with Crippen LogP contribution in [0.4, 0.5) is 0 Å². The lowest BCUT2D eigenvalue weighted by Gasteiger charge is -2.04. The molecule has 0 bridgehead atoms. The molecule has 0 unspecified atom stereocenters. The molecule has 0 saturated carbocycles. The van der Waals surface area contributed by atoms with Crippen molar-refractivity contribution in [2.45, 2.75) is 24.8 Å². The van der Waals surface area contributed by atoms with Crippen molar-refractivity contribution in [2.24, 2.45) is 0 Å². The van der Waals surface area contributed by atoms with Gasteiger partial charge in [-0.1, -0.05) is 48.0 Å². The summed E-state index contributed by atoms with van der Waals surface area (Å²) in [7, 11) is -3.50. The fraction of sp³-hybridized carbons (Fsp3) is 0.167. The highest BCUT2D eigenvalue weighted by Crippen LogP contribution is 2.18. The molecule has 1 heterocycles. The minimum atomic E-state index is -3.50. The molecule has 0 atom stereocenters. The van der Waals surface area contributed by atoms with Crippen LogP contribution in [0.25, 0.3) is 0 Å². The molecule has 0 fully saturated rings. The van der Waals surface area contributed by atoms with Gasteiger partial charge in [-0.15, -0.1) is 11.3 Å². The zero-order valence-corrected chi connectivity index (χ0v) is 14.9. The summed E-state index contributed by atoms with van der Waals surface area (Å²) in [5.41, 5.74) is 2.46. The lowest BCUT2D eigenvalue weighted by atomic mass is 10.1. The van der Waals surface area contributed by atoms with Gasteiger partial charge in [-0.05, 0) is 24.6 Å². The predicted octanol–water partition coefficient (Wildman–Crippen LogP) is 3.52. The number of aromatic nitrogens is 1. The van der Waals surface area contributed by atoms with Crippen molar-refractivity contribution >= 4 is 21.4 Å². The maximum atomic E-state index is 12.2. The first-order valence-corrected chi connectivity index (χ1v) is 9.87. The molecule has 0 aliphatic rings. The Morgan fingerprint density at radius 2 is 1.75 bits per heavy atom. The highest BCUT2D eigenvalue weighted by atomic mass is 32.2. The van der Waals surface area contributed by atoms with Crippen LogP contribution in [0.2, 0.25) is 0 Å². The maximum Gasteiger partial charge on any atom is 0.240 e. The normalized spacial score (nSPS) is 11.5. The van der Waals surface area contributed by atoms with E-state index in [4.69, 9.17) is 0 Å². The average molecular weight is 358 g/mol. The van der Waals surface area contributed by atoms with Gasteiger partial charge in [0.25, 0.3) is 0 Å². The van der Waals surface area contributed by atoms with Crippen LogP contribution in [0.15, 0.2) is 65.7 Å². The number of thiazole rings is 1. The minimum absolute atomic E-state index is 0.204. The van der Waals surface area contributed by atoms with Crippen LogP contribution in [-0.4, -0.2) is 13.4 Å². The van der Waals surface area contributed by atoms with Gasteiger partial charge < -0.3 is 0 Å². The number of nitrogens with zero attached hydrogens (tertiary/aromatic N) is 1. The molecule has 6 heteroatoms. The molecule has 24 heavy (non-hydrogen) atoms. The molecule has 1 N–H and O–H groups in total. The summed E-state index contributed by atoms with van der Waals surface area (Å²) in [6.45, 7) is 2.27. The molecule has 1 aromatic heterocycles. The fourth-order valence-electron chi connectivity index (χ4n) is 2.26. The standard InChI is InChI=1S/C18H18N2O2S2/c1-14-7-9-15(10-8-14)11-16-12-19-18(23-16)13-20-24(21,22)17-5-3-2-4-6-17/h2-10,12,20H,11,13H2,1H3. The Labute approximate surface area is 146 Å². The Bertz CT molecular complexity index is 902. The van der Waals surface area contributed by atoms with E-state index in [0.29, 0.717) is 0 Å². The van der Waals surface area contributed by atoms with Gasteiger partial charge in [-0.3, -0.25) is 0 Å². The van der Waals surface area contributed by atoms with Crippen LogP contribution in [0.3, 0.4) is 0 Å². The molecule has 4 nitrogen and oxygen atoms in total. The van der Waals surface area contributed by atoms with Crippen molar-refractivity contribution in [3.63, 3.8) is 0 Å². The number of hydrogen-bond acceptors (Lipinski definition) is 4. The minimum Gasteiger partial charge on any atom is -0.248 e. The van der Waals surface area contributed by atoms with E-state index in [-0.39, 0.29) is 11.4 Å². The molecular weight excluding hydrogens is 340 g/mol. The first-order valence-electron chi connectivity index (χ1n) is 7.57. The first kappa shape index (κ1) is 16.8. The Hall–Kier alpha value is -2.02. The fourth-order valence-corrected chi connectivity index (χ4v) is 4.26. The van der Waals surface area contributed by atoms with Crippen molar-refractivity contribution < 1.29 is 8.42 Å². The van der Waals surface area contributed by atoms with E-state index in [2.05, 4.69) is 40.9 Å². The van der Waals surface area contributed by atoms with E-state index in [1.54, 1.807) is 30.3 Å². The van der Waals surface area contributed by atoms with E-state index < -0.39 is 10.0 Å². The molecule has 124 valence electrons. The molecule has 3 rings (SSSR count). The van der Waals surface area contributed by atoms with Crippen molar-refractivity contribution in [2.75, 3.05) is 0 Å². The van der Waals surface area contributed by atoms with E-state index >= 15 is 0 Å². The lowest BCUT2D eigenvalue weighted by Crippen LogP contribution is -2.23. The van der Waals surface area contributed by atoms with Crippen molar-refractivity contribution in [1.82, 2.24) is 9.71 Å². The van der Waals surface area contributed by atoms with Gasteiger partial charge >= 0.3 is 0 Å². The van der Waals surface area contributed by atoms with Crippen molar-refractivity contribution in [1.29, 1.82) is 0 Å². The SMILES string of the molecule is Cc1ccc(Cc2cnc(CNS(=O)(=O)c3ccccc3)s2)cc1. The zero-order valence-electron chi connectivity index (χ0n) is 13.3. The van der Waals surface area contributed by atoms with Gasteiger partial charge in [-0.25, -0.2) is 18.1 Å². The number of hydrogen-bond donors (Lipinski definition) is 1. The molecule has 0 aliphatic carbocycles. The number of sulfonamides is 1. The van der Waals surface area contributed by atoms with E-state index in [1.807, 2.05) is 6.20 Å². The molecule has 0 aliphatic heterocycles. The average Bonchev–Trinajstić information content (AvgIpc) is 3.04. The highest BCUT2D eigenvalue weighted by molar-refractivity contribution is 7.89. The van der Waals surface area contributed by atoms with Crippen LogP contribution < -0.4 is 4.72 Å². The second-order valence-corrected chi connectivity index (χ2v) is 8.49. The van der Waals surface area contributed by atoms with Gasteiger partial charge in [-0.2, -0.15) is 0 Å². The van der Waals surface area contributed by atoms with Crippen molar-refractivity contribution in [3.05, 3.63) is 81.8 Å². The molecule has 0 spiro atoms. The van der Waals surface area contributed by atoms with Gasteiger partial charge in [0.15, 0.2) is 0 Å². The van der Waals surface area contributed by atoms with E-state index in [9.17, 15) is 8.42 Å².